The van der Waals surface area contributed by atoms with Crippen LogP contribution in [0.4, 0.5) is 0 Å². The molecule has 0 spiro atoms. The van der Waals surface area contributed by atoms with Gasteiger partial charge in [-0.25, -0.2) is 0 Å². The summed E-state index contributed by atoms with van der Waals surface area (Å²) in [6, 6.07) is 1.60. The number of nitrogens with one attached hydrogen (secondary N) is 1. The van der Waals surface area contributed by atoms with Crippen molar-refractivity contribution in [1.82, 2.24) is 15.1 Å². The highest BCUT2D eigenvalue weighted by molar-refractivity contribution is 4.96. The molecule has 1 aliphatic carbocycles. The van der Waals surface area contributed by atoms with E-state index in [1.807, 2.05) is 0 Å². The molecule has 1 N–H and O–H groups in total. The number of nitrogens with zero attached hydrogens (tertiary/aromatic N) is 2. The molecule has 0 aromatic carbocycles. The van der Waals surface area contributed by atoms with Gasteiger partial charge >= 0.3 is 0 Å². The Morgan fingerprint density at radius 3 is 2.68 bits per heavy atom. The zero-order valence-corrected chi connectivity index (χ0v) is 13.0. The first-order chi connectivity index (χ1) is 9.04. The van der Waals surface area contributed by atoms with E-state index in [1.165, 1.54) is 58.3 Å². The highest BCUT2D eigenvalue weighted by atomic mass is 15.3. The van der Waals surface area contributed by atoms with Crippen LogP contribution in [0.15, 0.2) is 0 Å². The van der Waals surface area contributed by atoms with Gasteiger partial charge in [0.05, 0.1) is 0 Å². The van der Waals surface area contributed by atoms with Crippen LogP contribution >= 0.6 is 0 Å². The Labute approximate surface area is 118 Å². The van der Waals surface area contributed by atoms with Crippen LogP contribution in [0.2, 0.25) is 0 Å². The first-order valence-corrected chi connectivity index (χ1v) is 8.24. The molecule has 0 amide bonds. The normalized spacial score (nSPS) is 40.3. The summed E-state index contributed by atoms with van der Waals surface area (Å²) < 4.78 is 0. The summed E-state index contributed by atoms with van der Waals surface area (Å²) in [6.45, 7) is 9.70. The second kappa shape index (κ2) is 5.34. The van der Waals surface area contributed by atoms with Crippen molar-refractivity contribution in [3.8, 4) is 0 Å². The van der Waals surface area contributed by atoms with Crippen LogP contribution < -0.4 is 5.32 Å². The van der Waals surface area contributed by atoms with Gasteiger partial charge in [0.1, 0.15) is 0 Å². The van der Waals surface area contributed by atoms with Gasteiger partial charge in [-0.2, -0.15) is 0 Å². The van der Waals surface area contributed by atoms with E-state index in [9.17, 15) is 0 Å². The average molecular weight is 265 g/mol. The lowest BCUT2D eigenvalue weighted by molar-refractivity contribution is 0.0359. The summed E-state index contributed by atoms with van der Waals surface area (Å²) in [5, 5.41) is 3.92. The van der Waals surface area contributed by atoms with Gasteiger partial charge in [0.2, 0.25) is 0 Å². The summed E-state index contributed by atoms with van der Waals surface area (Å²) in [7, 11) is 2.26. The summed E-state index contributed by atoms with van der Waals surface area (Å²) >= 11 is 0. The van der Waals surface area contributed by atoms with Crippen molar-refractivity contribution in [2.45, 2.75) is 63.6 Å². The van der Waals surface area contributed by atoms with Crippen molar-refractivity contribution in [2.75, 3.05) is 33.2 Å². The molecule has 0 radical (unpaired) electrons. The Hall–Kier alpha value is -0.120. The fourth-order valence-corrected chi connectivity index (χ4v) is 4.38. The maximum atomic E-state index is 3.92. The van der Waals surface area contributed by atoms with Crippen LogP contribution in [-0.2, 0) is 0 Å². The first kappa shape index (κ1) is 13.8. The Balaban J connectivity index is 1.52. The van der Waals surface area contributed by atoms with Crippen LogP contribution in [0, 0.1) is 5.92 Å². The van der Waals surface area contributed by atoms with Gasteiger partial charge in [-0.05, 0) is 46.1 Å². The molecule has 3 fully saturated rings. The SMILES string of the molecule is CN1CCN(CC2CC3CCCCC3N2)CC1(C)C. The summed E-state index contributed by atoms with van der Waals surface area (Å²) in [5.74, 6) is 0.985. The van der Waals surface area contributed by atoms with Crippen LogP contribution in [0.1, 0.15) is 46.0 Å². The van der Waals surface area contributed by atoms with Gasteiger partial charge in [-0.3, -0.25) is 9.80 Å². The topological polar surface area (TPSA) is 18.5 Å². The number of rotatable bonds is 2. The Morgan fingerprint density at radius 2 is 1.95 bits per heavy atom. The number of fused-ring (bicyclic) bond motifs is 1. The zero-order valence-electron chi connectivity index (χ0n) is 13.0. The molecular formula is C16H31N3. The van der Waals surface area contributed by atoms with E-state index in [1.54, 1.807) is 0 Å². The van der Waals surface area contributed by atoms with Crippen molar-refractivity contribution in [2.24, 2.45) is 5.92 Å². The molecule has 3 atom stereocenters. The van der Waals surface area contributed by atoms with Crippen molar-refractivity contribution < 1.29 is 0 Å². The molecule has 2 heterocycles. The van der Waals surface area contributed by atoms with Crippen molar-refractivity contribution >= 4 is 0 Å². The zero-order chi connectivity index (χ0) is 13.5. The average Bonchev–Trinajstić information content (AvgIpc) is 2.75. The van der Waals surface area contributed by atoms with Crippen LogP contribution in [0.5, 0.6) is 0 Å². The number of hydrogen-bond acceptors (Lipinski definition) is 3. The van der Waals surface area contributed by atoms with E-state index in [-0.39, 0.29) is 0 Å². The second-order valence-corrected chi connectivity index (χ2v) is 7.72. The molecule has 3 rings (SSSR count). The van der Waals surface area contributed by atoms with E-state index in [0.717, 1.165) is 18.0 Å². The fraction of sp³-hybridized carbons (Fsp3) is 1.00. The minimum absolute atomic E-state index is 0.337. The van der Waals surface area contributed by atoms with Crippen LogP contribution in [0.25, 0.3) is 0 Å². The minimum Gasteiger partial charge on any atom is -0.310 e. The minimum atomic E-state index is 0.337. The monoisotopic (exact) mass is 265 g/mol. The highest BCUT2D eigenvalue weighted by Crippen LogP contribution is 2.33. The van der Waals surface area contributed by atoms with Crippen molar-refractivity contribution in [3.05, 3.63) is 0 Å². The first-order valence-electron chi connectivity index (χ1n) is 8.24. The van der Waals surface area contributed by atoms with E-state index < -0.39 is 0 Å². The van der Waals surface area contributed by atoms with E-state index >= 15 is 0 Å². The molecule has 2 saturated heterocycles. The third-order valence-corrected chi connectivity index (χ3v) is 5.82. The van der Waals surface area contributed by atoms with Gasteiger partial charge in [0, 0.05) is 43.8 Å². The highest BCUT2D eigenvalue weighted by Gasteiger charge is 2.37. The molecule has 2 aliphatic heterocycles. The molecule has 0 bridgehead atoms. The lowest BCUT2D eigenvalue weighted by atomic mass is 9.85. The molecule has 3 heteroatoms. The molecule has 0 aromatic heterocycles. The van der Waals surface area contributed by atoms with Gasteiger partial charge in [0.25, 0.3) is 0 Å². The molecule has 3 aliphatic rings. The predicted octanol–water partition coefficient (Wildman–Crippen LogP) is 1.93. The van der Waals surface area contributed by atoms with E-state index in [2.05, 4.69) is 36.0 Å². The Morgan fingerprint density at radius 1 is 1.16 bits per heavy atom. The maximum absolute atomic E-state index is 3.92. The second-order valence-electron chi connectivity index (χ2n) is 7.72. The number of likely N-dealkylation sites (N-methyl/N-ethyl adjacent to an activating group) is 1. The van der Waals surface area contributed by atoms with Gasteiger partial charge in [-0.1, -0.05) is 12.8 Å². The summed E-state index contributed by atoms with van der Waals surface area (Å²) in [4.78, 5) is 5.19. The van der Waals surface area contributed by atoms with E-state index in [4.69, 9.17) is 0 Å². The lowest BCUT2D eigenvalue weighted by Crippen LogP contribution is -2.59. The lowest BCUT2D eigenvalue weighted by Gasteiger charge is -2.46. The fourth-order valence-electron chi connectivity index (χ4n) is 4.38. The van der Waals surface area contributed by atoms with E-state index in [0.29, 0.717) is 5.54 Å². The molecule has 1 saturated carbocycles. The summed E-state index contributed by atoms with van der Waals surface area (Å²) in [5.41, 5.74) is 0.337. The molecular weight excluding hydrogens is 234 g/mol. The Kier molecular flexibility index (Phi) is 3.89. The molecule has 0 aromatic rings. The van der Waals surface area contributed by atoms with Crippen LogP contribution in [0.3, 0.4) is 0 Å². The van der Waals surface area contributed by atoms with Gasteiger partial charge in [0.15, 0.2) is 0 Å². The van der Waals surface area contributed by atoms with Gasteiger partial charge < -0.3 is 5.32 Å². The third kappa shape index (κ3) is 2.98. The molecule has 3 unspecified atom stereocenters. The molecule has 3 nitrogen and oxygen atoms in total. The number of hydrogen-bond donors (Lipinski definition) is 1. The molecule has 19 heavy (non-hydrogen) atoms. The maximum Gasteiger partial charge on any atom is 0.0277 e. The smallest absolute Gasteiger partial charge is 0.0277 e. The summed E-state index contributed by atoms with van der Waals surface area (Å²) in [6.07, 6.45) is 7.24. The van der Waals surface area contributed by atoms with Crippen molar-refractivity contribution in [3.63, 3.8) is 0 Å². The Bertz CT molecular complexity index is 301. The third-order valence-electron chi connectivity index (χ3n) is 5.82. The van der Waals surface area contributed by atoms with Crippen molar-refractivity contribution in [1.29, 1.82) is 0 Å². The van der Waals surface area contributed by atoms with Crippen LogP contribution in [-0.4, -0.2) is 60.6 Å². The largest absolute Gasteiger partial charge is 0.310 e. The quantitative estimate of drug-likeness (QED) is 0.823. The molecule has 110 valence electrons. The standard InChI is InChI=1S/C16H31N3/c1-16(2)12-19(9-8-18(16)3)11-14-10-13-6-4-5-7-15(13)17-14/h13-15,17H,4-12H2,1-3H3. The van der Waals surface area contributed by atoms with Gasteiger partial charge in [-0.15, -0.1) is 0 Å². The predicted molar refractivity (Wildman–Crippen MR) is 80.4 cm³/mol. The number of piperazine rings is 1.